The largest absolute Gasteiger partial charge is 0.488 e. The van der Waals surface area contributed by atoms with Gasteiger partial charge in [0.1, 0.15) is 0 Å². The molecule has 0 unspecified atom stereocenters. The maximum atomic E-state index is 12.4. The summed E-state index contributed by atoms with van der Waals surface area (Å²) in [6.07, 6.45) is 2.94. The summed E-state index contributed by atoms with van der Waals surface area (Å²) in [6, 6.07) is 0.930. The Bertz CT molecular complexity index is 951. The fraction of sp³-hybridized carbons (Fsp3) is 0.312. The molecule has 0 aromatic carbocycles. The molecule has 150 valence electrons. The Morgan fingerprint density at radius 3 is 2.93 bits per heavy atom. The summed E-state index contributed by atoms with van der Waals surface area (Å²) in [6.45, 7) is 3.24. The topological polar surface area (TPSA) is 165 Å². The summed E-state index contributed by atoms with van der Waals surface area (Å²) in [4.78, 5) is 28.7. The fourth-order valence-corrected chi connectivity index (χ4v) is 2.67. The first-order valence-electron chi connectivity index (χ1n) is 8.05. The Labute approximate surface area is 164 Å². The van der Waals surface area contributed by atoms with E-state index in [0.29, 0.717) is 10.8 Å². The highest BCUT2D eigenvalue weighted by Gasteiger charge is 2.19. The average molecular weight is 408 g/mol. The van der Waals surface area contributed by atoms with Crippen LogP contribution in [0.25, 0.3) is 0 Å². The van der Waals surface area contributed by atoms with Crippen molar-refractivity contribution in [2.45, 2.75) is 19.9 Å². The number of rotatable bonds is 8. The lowest BCUT2D eigenvalue weighted by Crippen LogP contribution is -2.23. The van der Waals surface area contributed by atoms with Crippen molar-refractivity contribution in [3.63, 3.8) is 0 Å². The maximum Gasteiger partial charge on any atom is 0.381 e. The zero-order valence-corrected chi connectivity index (χ0v) is 16.2. The molecule has 0 saturated heterocycles. The number of amides is 1. The van der Waals surface area contributed by atoms with Crippen LogP contribution in [0.5, 0.6) is 5.75 Å². The van der Waals surface area contributed by atoms with Crippen molar-refractivity contribution in [2.75, 3.05) is 24.4 Å². The van der Waals surface area contributed by atoms with Crippen LogP contribution in [-0.4, -0.2) is 46.7 Å². The maximum absolute atomic E-state index is 12.4. The number of anilines is 2. The van der Waals surface area contributed by atoms with Gasteiger partial charge in [0.05, 0.1) is 19.4 Å². The standard InChI is InChI=1S/C16H20N6O5S/c1-8(4-5-17)19-15-21-22-16(28-15)20-13(24)11-6-10(18-9(2)7-23)12(26-3)14(25)27-11/h4-6,9,18,23H,7,17H2,1-3H3,(H,20,22,24)/t9-/m1/s1. The second kappa shape index (κ2) is 9.62. The van der Waals surface area contributed by atoms with Gasteiger partial charge in [-0.25, -0.2) is 9.79 Å². The van der Waals surface area contributed by atoms with Crippen molar-refractivity contribution in [3.05, 3.63) is 34.5 Å². The first kappa shape index (κ1) is 21.1. The SMILES string of the molecule is COc1c(N[C@H](C)CO)cc(C(=O)Nc2nnc(N=C(C)C=CN)s2)oc1=O. The number of aliphatic imine (C=N–C) groups is 1. The number of nitrogens with one attached hydrogen (secondary N) is 2. The third-order valence-electron chi connectivity index (χ3n) is 3.26. The lowest BCUT2D eigenvalue weighted by Gasteiger charge is -2.15. The number of nitrogens with two attached hydrogens (primary N) is 1. The molecule has 0 aliphatic rings. The number of nitrogens with zero attached hydrogens (tertiary/aromatic N) is 3. The van der Waals surface area contributed by atoms with Gasteiger partial charge >= 0.3 is 5.63 Å². The minimum Gasteiger partial charge on any atom is -0.488 e. The van der Waals surface area contributed by atoms with Gasteiger partial charge in [0.25, 0.3) is 5.91 Å². The van der Waals surface area contributed by atoms with Crippen molar-refractivity contribution in [1.82, 2.24) is 10.2 Å². The number of aromatic nitrogens is 2. The first-order valence-corrected chi connectivity index (χ1v) is 8.87. The molecule has 2 aromatic rings. The van der Waals surface area contributed by atoms with E-state index >= 15 is 0 Å². The van der Waals surface area contributed by atoms with E-state index in [1.54, 1.807) is 19.9 Å². The third kappa shape index (κ3) is 5.37. The van der Waals surface area contributed by atoms with E-state index in [1.165, 1.54) is 19.4 Å². The molecule has 2 rings (SSSR count). The fourth-order valence-electron chi connectivity index (χ4n) is 2.00. The Morgan fingerprint density at radius 1 is 1.54 bits per heavy atom. The van der Waals surface area contributed by atoms with Crippen LogP contribution in [0.15, 0.2) is 32.5 Å². The van der Waals surface area contributed by atoms with Crippen molar-refractivity contribution in [3.8, 4) is 5.75 Å². The zero-order valence-electron chi connectivity index (χ0n) is 15.4. The molecule has 0 radical (unpaired) electrons. The molecule has 0 aliphatic carbocycles. The predicted molar refractivity (Wildman–Crippen MR) is 106 cm³/mol. The van der Waals surface area contributed by atoms with Crippen LogP contribution in [0, 0.1) is 0 Å². The van der Waals surface area contributed by atoms with E-state index in [4.69, 9.17) is 14.9 Å². The van der Waals surface area contributed by atoms with Crippen LogP contribution in [0.3, 0.4) is 0 Å². The monoisotopic (exact) mass is 408 g/mol. The Morgan fingerprint density at radius 2 is 2.29 bits per heavy atom. The first-order chi connectivity index (χ1) is 13.4. The molecule has 0 aliphatic heterocycles. The molecule has 0 bridgehead atoms. The summed E-state index contributed by atoms with van der Waals surface area (Å²) >= 11 is 1.03. The molecular weight excluding hydrogens is 388 g/mol. The van der Waals surface area contributed by atoms with Crippen molar-refractivity contribution in [1.29, 1.82) is 0 Å². The minimum absolute atomic E-state index is 0.104. The van der Waals surface area contributed by atoms with E-state index in [0.717, 1.165) is 11.3 Å². The molecule has 28 heavy (non-hydrogen) atoms. The van der Waals surface area contributed by atoms with E-state index in [-0.39, 0.29) is 35.0 Å². The van der Waals surface area contributed by atoms with Gasteiger partial charge in [0.15, 0.2) is 5.76 Å². The van der Waals surface area contributed by atoms with Crippen molar-refractivity contribution < 1.29 is 19.1 Å². The van der Waals surface area contributed by atoms with Gasteiger partial charge in [-0.05, 0) is 26.1 Å². The molecule has 1 amide bonds. The van der Waals surface area contributed by atoms with Gasteiger partial charge in [-0.15, -0.1) is 10.2 Å². The summed E-state index contributed by atoms with van der Waals surface area (Å²) in [7, 11) is 1.30. The Kier molecular flexibility index (Phi) is 7.23. The lowest BCUT2D eigenvalue weighted by molar-refractivity contribution is 0.0991. The number of aliphatic hydroxyl groups is 1. The van der Waals surface area contributed by atoms with Gasteiger partial charge in [-0.2, -0.15) is 0 Å². The quantitative estimate of drug-likeness (QED) is 0.468. The predicted octanol–water partition coefficient (Wildman–Crippen LogP) is 1.11. The lowest BCUT2D eigenvalue weighted by atomic mass is 10.2. The number of hydrogen-bond acceptors (Lipinski definition) is 11. The highest BCUT2D eigenvalue weighted by atomic mass is 32.1. The van der Waals surface area contributed by atoms with Crippen LogP contribution in [-0.2, 0) is 0 Å². The van der Waals surface area contributed by atoms with E-state index in [9.17, 15) is 14.7 Å². The second-order valence-electron chi connectivity index (χ2n) is 5.53. The number of allylic oxidation sites excluding steroid dienone is 1. The van der Waals surface area contributed by atoms with Gasteiger partial charge in [-0.1, -0.05) is 11.3 Å². The molecule has 2 aromatic heterocycles. The molecule has 11 nitrogen and oxygen atoms in total. The molecule has 2 heterocycles. The van der Waals surface area contributed by atoms with E-state index < -0.39 is 11.5 Å². The minimum atomic E-state index is -0.838. The van der Waals surface area contributed by atoms with Gasteiger partial charge < -0.3 is 25.3 Å². The summed E-state index contributed by atoms with van der Waals surface area (Å²) in [5.74, 6) is -1.07. The van der Waals surface area contributed by atoms with Gasteiger partial charge in [0, 0.05) is 17.8 Å². The number of carbonyl (C=O) groups excluding carboxylic acids is 1. The van der Waals surface area contributed by atoms with Crippen molar-refractivity contribution >= 4 is 38.9 Å². The molecule has 12 heteroatoms. The van der Waals surface area contributed by atoms with Crippen LogP contribution >= 0.6 is 11.3 Å². The van der Waals surface area contributed by atoms with Crippen LogP contribution < -0.4 is 26.7 Å². The number of hydrogen-bond donors (Lipinski definition) is 4. The third-order valence-corrected chi connectivity index (χ3v) is 3.99. The van der Waals surface area contributed by atoms with E-state index in [2.05, 4.69) is 25.8 Å². The van der Waals surface area contributed by atoms with Gasteiger partial charge in [-0.3, -0.25) is 10.1 Å². The molecule has 0 fully saturated rings. The molecule has 1 atom stereocenters. The number of methoxy groups -OCH3 is 1. The number of aliphatic hydroxyl groups excluding tert-OH is 1. The Balaban J connectivity index is 2.24. The number of ether oxygens (including phenoxy) is 1. The number of carbonyl (C=O) groups is 1. The molecular formula is C16H20N6O5S. The van der Waals surface area contributed by atoms with Crippen LogP contribution in [0.1, 0.15) is 24.4 Å². The highest BCUT2D eigenvalue weighted by Crippen LogP contribution is 2.25. The van der Waals surface area contributed by atoms with Crippen LogP contribution in [0.2, 0.25) is 0 Å². The molecule has 5 N–H and O–H groups in total. The molecule has 0 saturated carbocycles. The second-order valence-corrected chi connectivity index (χ2v) is 6.49. The molecule has 0 spiro atoms. The van der Waals surface area contributed by atoms with E-state index in [1.807, 2.05) is 0 Å². The summed E-state index contributed by atoms with van der Waals surface area (Å²) in [5.41, 5.74) is 5.29. The van der Waals surface area contributed by atoms with Gasteiger partial charge in [0.2, 0.25) is 16.0 Å². The smallest absolute Gasteiger partial charge is 0.381 e. The highest BCUT2D eigenvalue weighted by molar-refractivity contribution is 7.18. The zero-order chi connectivity index (χ0) is 20.7. The average Bonchev–Trinajstić information content (AvgIpc) is 3.08. The normalized spacial score (nSPS) is 12.8. The van der Waals surface area contributed by atoms with Crippen LogP contribution in [0.4, 0.5) is 16.0 Å². The summed E-state index contributed by atoms with van der Waals surface area (Å²) < 4.78 is 10.0. The Hall–Kier alpha value is -3.25. The summed E-state index contributed by atoms with van der Waals surface area (Å²) in [5, 5.41) is 22.7. The van der Waals surface area contributed by atoms with Crippen molar-refractivity contribution in [2.24, 2.45) is 10.7 Å².